The number of methoxy groups -OCH3 is 1. The first kappa shape index (κ1) is 34.2. The molecule has 0 fully saturated rings. The van der Waals surface area contributed by atoms with Crippen LogP contribution >= 0.6 is 11.3 Å². The Morgan fingerprint density at radius 2 is 1.95 bits per heavy atom. The van der Waals surface area contributed by atoms with E-state index in [-0.39, 0.29) is 12.0 Å². The summed E-state index contributed by atoms with van der Waals surface area (Å²) in [5, 5.41) is 10.6. The topological polar surface area (TPSA) is 89.5 Å². The van der Waals surface area contributed by atoms with Gasteiger partial charge in [-0.1, -0.05) is 26.0 Å². The third kappa shape index (κ3) is 8.41. The molecule has 2 aromatic rings. The zero-order valence-corrected chi connectivity index (χ0v) is 28.2. The highest BCUT2D eigenvalue weighted by atomic mass is 32.1. The summed E-state index contributed by atoms with van der Waals surface area (Å²) in [4.78, 5) is 14.3. The number of hydrogen-bond donors (Lipinski definition) is 1. The van der Waals surface area contributed by atoms with Crippen LogP contribution in [0.4, 0.5) is 0 Å². The fourth-order valence-corrected chi connectivity index (χ4v) is 5.88. The minimum Gasteiger partial charge on any atom is -0.483 e. The molecule has 2 heterocycles. The lowest BCUT2D eigenvalue weighted by Gasteiger charge is -2.45. The van der Waals surface area contributed by atoms with Gasteiger partial charge in [0, 0.05) is 30.5 Å². The van der Waals surface area contributed by atoms with Gasteiger partial charge in [-0.15, -0.1) is 11.3 Å². The van der Waals surface area contributed by atoms with Gasteiger partial charge in [0.25, 0.3) is 0 Å². The summed E-state index contributed by atoms with van der Waals surface area (Å²) >= 11 is 1.68. The average Bonchev–Trinajstić information content (AvgIpc) is 3.51. The molecule has 0 amide bonds. The van der Waals surface area contributed by atoms with Gasteiger partial charge in [0.05, 0.1) is 35.9 Å². The normalized spacial score (nSPS) is 21.4. The monoisotopic (exact) mass is 601 g/mol. The van der Waals surface area contributed by atoms with Gasteiger partial charge >= 0.3 is 0 Å². The molecular formula is C33H51N3O5S. The molecule has 9 heteroatoms. The first-order chi connectivity index (χ1) is 19.7. The van der Waals surface area contributed by atoms with Crippen molar-refractivity contribution in [3.8, 4) is 10.8 Å². The van der Waals surface area contributed by atoms with Crippen LogP contribution in [0, 0.1) is 19.8 Å². The maximum absolute atomic E-state index is 10.6. The molecule has 2 aromatic heterocycles. The highest BCUT2D eigenvalue weighted by Gasteiger charge is 2.43. The standard InChI is InChI=1S/C33H51N3O5S/c1-12-23(5)34-29(38-11)20-36(19-27-25(7)40-30(35-27)28-15-14-24(6)42-28)18-26-16-21(3)33(10,22(4)17-26)41-32(8,9)31(37)39-13-2/h14-17,21,23,31,37H,12-13,18-20H2,1-11H3. The van der Waals surface area contributed by atoms with Crippen LogP contribution in [0.1, 0.15) is 78.1 Å². The minimum atomic E-state index is -1.02. The number of thiophene rings is 1. The van der Waals surface area contributed by atoms with E-state index in [1.807, 2.05) is 27.7 Å². The summed E-state index contributed by atoms with van der Waals surface area (Å²) in [5.74, 6) is 2.23. The van der Waals surface area contributed by atoms with Gasteiger partial charge in [-0.2, -0.15) is 0 Å². The summed E-state index contributed by atoms with van der Waals surface area (Å²) in [6, 6.07) is 4.32. The van der Waals surface area contributed by atoms with E-state index in [4.69, 9.17) is 28.6 Å². The molecule has 0 saturated heterocycles. The van der Waals surface area contributed by atoms with Crippen LogP contribution in [-0.4, -0.2) is 71.2 Å². The molecule has 0 aliphatic heterocycles. The molecule has 4 atom stereocenters. The highest BCUT2D eigenvalue weighted by molar-refractivity contribution is 7.15. The summed E-state index contributed by atoms with van der Waals surface area (Å²) in [7, 11) is 1.69. The lowest BCUT2D eigenvalue weighted by molar-refractivity contribution is -0.251. The zero-order chi connectivity index (χ0) is 31.2. The molecule has 234 valence electrons. The Kier molecular flexibility index (Phi) is 11.8. The number of aromatic nitrogens is 1. The Morgan fingerprint density at radius 3 is 2.52 bits per heavy atom. The first-order valence-corrected chi connectivity index (χ1v) is 15.8. The predicted octanol–water partition coefficient (Wildman–Crippen LogP) is 7.10. The first-order valence-electron chi connectivity index (χ1n) is 15.0. The molecule has 0 bridgehead atoms. The van der Waals surface area contributed by atoms with Crippen molar-refractivity contribution in [1.29, 1.82) is 0 Å². The molecule has 0 spiro atoms. The number of aryl methyl sites for hydroxylation is 2. The fraction of sp³-hybridized carbons (Fsp3) is 0.636. The van der Waals surface area contributed by atoms with Crippen LogP contribution in [0.3, 0.4) is 0 Å². The Hall–Kier alpha value is -2.30. The van der Waals surface area contributed by atoms with Crippen molar-refractivity contribution in [2.75, 3.05) is 26.8 Å². The van der Waals surface area contributed by atoms with Crippen LogP contribution < -0.4 is 0 Å². The molecule has 1 aliphatic rings. The van der Waals surface area contributed by atoms with Gasteiger partial charge in [-0.25, -0.2) is 4.98 Å². The van der Waals surface area contributed by atoms with E-state index in [0.717, 1.165) is 28.3 Å². The van der Waals surface area contributed by atoms with Crippen LogP contribution in [0.2, 0.25) is 0 Å². The van der Waals surface area contributed by atoms with Gasteiger partial charge in [-0.3, -0.25) is 9.89 Å². The van der Waals surface area contributed by atoms with E-state index in [9.17, 15) is 5.11 Å². The number of hydrogen-bond acceptors (Lipinski definition) is 9. The number of rotatable bonds is 14. The van der Waals surface area contributed by atoms with Crippen molar-refractivity contribution in [1.82, 2.24) is 9.88 Å². The number of nitrogens with zero attached hydrogens (tertiary/aromatic N) is 3. The van der Waals surface area contributed by atoms with Crippen molar-refractivity contribution in [3.63, 3.8) is 0 Å². The third-order valence-corrected chi connectivity index (χ3v) is 9.07. The second-order valence-electron chi connectivity index (χ2n) is 12.0. The van der Waals surface area contributed by atoms with Crippen LogP contribution in [-0.2, 0) is 20.8 Å². The maximum atomic E-state index is 10.6. The quantitative estimate of drug-likeness (QED) is 0.140. The number of ether oxygens (including phenoxy) is 3. The smallest absolute Gasteiger partial charge is 0.236 e. The van der Waals surface area contributed by atoms with E-state index < -0.39 is 17.5 Å². The second-order valence-corrected chi connectivity index (χ2v) is 13.3. The lowest BCUT2D eigenvalue weighted by atomic mass is 9.77. The summed E-state index contributed by atoms with van der Waals surface area (Å²) in [5.41, 5.74) is 1.70. The van der Waals surface area contributed by atoms with Crippen molar-refractivity contribution >= 4 is 17.2 Å². The largest absolute Gasteiger partial charge is 0.483 e. The molecular weight excluding hydrogens is 550 g/mol. The van der Waals surface area contributed by atoms with E-state index in [1.54, 1.807) is 18.4 Å². The summed E-state index contributed by atoms with van der Waals surface area (Å²) < 4.78 is 23.9. The van der Waals surface area contributed by atoms with Gasteiger partial charge in [0.15, 0.2) is 12.2 Å². The van der Waals surface area contributed by atoms with E-state index in [2.05, 4.69) is 70.7 Å². The SMILES string of the molecule is CCOC(O)C(C)(C)OC1(C)C(C)=CC(CN(CC(=NC(C)CC)OC)Cc2nc(-c3ccc(C)s3)oc2C)=CC1C. The van der Waals surface area contributed by atoms with Crippen molar-refractivity contribution in [3.05, 3.63) is 51.8 Å². The number of aliphatic imine (C=N–C) groups is 1. The lowest BCUT2D eigenvalue weighted by Crippen LogP contribution is -2.51. The van der Waals surface area contributed by atoms with E-state index in [0.29, 0.717) is 38.0 Å². The highest BCUT2D eigenvalue weighted by Crippen LogP contribution is 2.40. The molecule has 0 saturated carbocycles. The molecule has 1 aliphatic carbocycles. The van der Waals surface area contributed by atoms with Gasteiger partial charge in [-0.05, 0) is 85.1 Å². The number of oxazole rings is 1. The fourth-order valence-electron chi connectivity index (χ4n) is 5.09. The molecule has 0 radical (unpaired) electrons. The van der Waals surface area contributed by atoms with Crippen LogP contribution in [0.15, 0.2) is 44.8 Å². The summed E-state index contributed by atoms with van der Waals surface area (Å²) in [6.07, 6.45) is 4.38. The Labute approximate surface area is 256 Å². The Morgan fingerprint density at radius 1 is 1.24 bits per heavy atom. The van der Waals surface area contributed by atoms with E-state index >= 15 is 0 Å². The van der Waals surface area contributed by atoms with Crippen molar-refractivity contribution < 1.29 is 23.7 Å². The van der Waals surface area contributed by atoms with Crippen LogP contribution in [0.25, 0.3) is 10.8 Å². The molecule has 4 unspecified atom stereocenters. The average molecular weight is 602 g/mol. The third-order valence-electron chi connectivity index (χ3n) is 8.09. The van der Waals surface area contributed by atoms with Gasteiger partial charge < -0.3 is 23.7 Å². The molecule has 42 heavy (non-hydrogen) atoms. The Balaban J connectivity index is 1.88. The molecule has 3 rings (SSSR count). The van der Waals surface area contributed by atoms with Crippen LogP contribution in [0.5, 0.6) is 0 Å². The zero-order valence-electron chi connectivity index (χ0n) is 27.4. The van der Waals surface area contributed by atoms with E-state index in [1.165, 1.54) is 10.5 Å². The minimum absolute atomic E-state index is 0.0607. The van der Waals surface area contributed by atoms with Crippen molar-refractivity contribution in [2.45, 2.75) is 106 Å². The molecule has 0 aromatic carbocycles. The summed E-state index contributed by atoms with van der Waals surface area (Å²) in [6.45, 7) is 22.4. The Bertz CT molecular complexity index is 1280. The number of aliphatic hydroxyl groups excluding tert-OH is 1. The van der Waals surface area contributed by atoms with Gasteiger partial charge in [0.2, 0.25) is 5.89 Å². The molecule has 1 N–H and O–H groups in total. The second kappa shape index (κ2) is 14.4. The molecule has 8 nitrogen and oxygen atoms in total. The maximum Gasteiger partial charge on any atom is 0.236 e. The van der Waals surface area contributed by atoms with Crippen molar-refractivity contribution in [2.24, 2.45) is 10.9 Å². The number of aliphatic hydroxyl groups is 1. The van der Waals surface area contributed by atoms with Gasteiger partial charge in [0.1, 0.15) is 11.4 Å². The predicted molar refractivity (Wildman–Crippen MR) is 171 cm³/mol.